The zero-order valence-electron chi connectivity index (χ0n) is 19.1. The molecule has 35 heavy (non-hydrogen) atoms. The van der Waals surface area contributed by atoms with Crippen LogP contribution in [0.1, 0.15) is 16.9 Å². The van der Waals surface area contributed by atoms with Crippen molar-refractivity contribution in [2.24, 2.45) is 5.73 Å². The van der Waals surface area contributed by atoms with Gasteiger partial charge in [0.1, 0.15) is 16.6 Å². The van der Waals surface area contributed by atoms with Crippen LogP contribution in [0, 0.1) is 5.41 Å². The van der Waals surface area contributed by atoms with Crippen molar-refractivity contribution in [1.29, 1.82) is 5.41 Å². The first-order chi connectivity index (χ1) is 17.0. The molecule has 1 aliphatic heterocycles. The maximum absolute atomic E-state index is 12.9. The molecule has 5 rings (SSSR count). The number of carbonyl (C=O) groups is 1. The van der Waals surface area contributed by atoms with Crippen LogP contribution in [-0.4, -0.2) is 36.1 Å². The number of anilines is 1. The molecule has 0 unspecified atom stereocenters. The van der Waals surface area contributed by atoms with Crippen LogP contribution in [0.3, 0.4) is 0 Å². The number of amides is 1. The van der Waals surface area contributed by atoms with Gasteiger partial charge in [-0.05, 0) is 48.9 Å². The number of nitrogens with zero attached hydrogens (tertiary/aromatic N) is 2. The Bertz CT molecular complexity index is 1390. The van der Waals surface area contributed by atoms with Crippen molar-refractivity contribution >= 4 is 51.9 Å². The molecule has 1 aliphatic rings. The van der Waals surface area contributed by atoms with E-state index in [4.69, 9.17) is 20.9 Å². The standard InChI is InChI=1S/C26H24N4O2S3/c1-33-26-19(13-22(35-26)24(27)28)25-29-20(15-34-25)17-7-4-9-18(12-17)32-14-23(31)30-11-5-8-16-6-2-3-10-21(16)30/h2-4,6-7,9-10,12-13,15H,5,8,11,14H2,1H3,(H3,27,28). The Labute approximate surface area is 216 Å². The zero-order valence-corrected chi connectivity index (χ0v) is 21.6. The number of carbonyl (C=O) groups excluding carboxylic acids is 1. The molecule has 0 bridgehead atoms. The number of rotatable bonds is 7. The third kappa shape index (κ3) is 4.98. The van der Waals surface area contributed by atoms with Gasteiger partial charge in [-0.25, -0.2) is 4.98 Å². The van der Waals surface area contributed by atoms with Gasteiger partial charge in [-0.1, -0.05) is 30.3 Å². The minimum Gasteiger partial charge on any atom is -0.484 e. The second kappa shape index (κ2) is 10.2. The van der Waals surface area contributed by atoms with Crippen LogP contribution in [0.15, 0.2) is 64.2 Å². The molecular weight excluding hydrogens is 497 g/mol. The second-order valence-electron chi connectivity index (χ2n) is 8.06. The Morgan fingerprint density at radius 1 is 1.23 bits per heavy atom. The van der Waals surface area contributed by atoms with E-state index in [0.29, 0.717) is 12.3 Å². The fourth-order valence-electron chi connectivity index (χ4n) is 4.10. The van der Waals surface area contributed by atoms with Gasteiger partial charge in [-0.15, -0.1) is 34.4 Å². The van der Waals surface area contributed by atoms with Gasteiger partial charge in [0.05, 0.1) is 14.8 Å². The largest absolute Gasteiger partial charge is 0.484 e. The van der Waals surface area contributed by atoms with E-state index in [1.165, 1.54) is 16.9 Å². The molecule has 0 aliphatic carbocycles. The lowest BCUT2D eigenvalue weighted by Crippen LogP contribution is -2.38. The number of hydrogen-bond donors (Lipinski definition) is 2. The number of amidine groups is 1. The minimum absolute atomic E-state index is 0.0140. The number of thiophene rings is 1. The number of thiazole rings is 1. The molecule has 3 N–H and O–H groups in total. The normalized spacial score (nSPS) is 12.9. The summed E-state index contributed by atoms with van der Waals surface area (Å²) >= 11 is 4.70. The summed E-state index contributed by atoms with van der Waals surface area (Å²) in [5.74, 6) is 0.664. The zero-order chi connectivity index (χ0) is 24.4. The molecule has 4 aromatic rings. The first-order valence-corrected chi connectivity index (χ1v) is 14.0. The van der Waals surface area contributed by atoms with Gasteiger partial charge in [0, 0.05) is 28.7 Å². The van der Waals surface area contributed by atoms with Crippen LogP contribution in [0.2, 0.25) is 0 Å². The first kappa shape index (κ1) is 23.6. The summed E-state index contributed by atoms with van der Waals surface area (Å²) in [6, 6.07) is 17.7. The van der Waals surface area contributed by atoms with E-state index in [2.05, 4.69) is 6.07 Å². The number of nitrogens with two attached hydrogens (primary N) is 1. The second-order valence-corrected chi connectivity index (χ2v) is 11.0. The number of benzene rings is 2. The van der Waals surface area contributed by atoms with Crippen LogP contribution >= 0.6 is 34.4 Å². The highest BCUT2D eigenvalue weighted by Gasteiger charge is 2.22. The summed E-state index contributed by atoms with van der Waals surface area (Å²) in [6.45, 7) is 0.701. The number of nitrogens with one attached hydrogen (secondary N) is 1. The number of aromatic nitrogens is 1. The number of para-hydroxylation sites is 1. The van der Waals surface area contributed by atoms with Crippen LogP contribution in [0.4, 0.5) is 5.69 Å². The summed E-state index contributed by atoms with van der Waals surface area (Å²) in [6.07, 6.45) is 3.97. The summed E-state index contributed by atoms with van der Waals surface area (Å²) in [5, 5.41) is 10.6. The molecule has 1 amide bonds. The van der Waals surface area contributed by atoms with Crippen molar-refractivity contribution in [1.82, 2.24) is 4.98 Å². The number of ether oxygens (including phenoxy) is 1. The van der Waals surface area contributed by atoms with E-state index < -0.39 is 0 Å². The number of hydrogen-bond acceptors (Lipinski definition) is 7. The third-order valence-corrected chi connectivity index (χ3v) is 8.97. The summed E-state index contributed by atoms with van der Waals surface area (Å²) in [7, 11) is 0. The number of nitrogen functional groups attached to an aromatic ring is 1. The highest BCUT2D eigenvalue weighted by atomic mass is 32.2. The first-order valence-electron chi connectivity index (χ1n) is 11.1. The maximum atomic E-state index is 12.9. The minimum atomic E-state index is -0.0400. The highest BCUT2D eigenvalue weighted by molar-refractivity contribution is 8.00. The Hall–Kier alpha value is -3.14. The van der Waals surface area contributed by atoms with Gasteiger partial charge in [-0.3, -0.25) is 10.2 Å². The molecule has 2 aromatic carbocycles. The molecule has 0 radical (unpaired) electrons. The predicted molar refractivity (Wildman–Crippen MR) is 146 cm³/mol. The van der Waals surface area contributed by atoms with Crippen molar-refractivity contribution in [3.8, 4) is 27.6 Å². The van der Waals surface area contributed by atoms with Crippen LogP contribution in [-0.2, 0) is 11.2 Å². The van der Waals surface area contributed by atoms with E-state index in [1.807, 2.05) is 65.1 Å². The quantitative estimate of drug-likeness (QED) is 0.180. The molecule has 0 fully saturated rings. The Morgan fingerprint density at radius 2 is 2.09 bits per heavy atom. The predicted octanol–water partition coefficient (Wildman–Crippen LogP) is 5.90. The van der Waals surface area contributed by atoms with Crippen LogP contribution in [0.5, 0.6) is 5.75 Å². The fourth-order valence-corrected chi connectivity index (χ4v) is 6.81. The van der Waals surface area contributed by atoms with Crippen LogP contribution in [0.25, 0.3) is 21.8 Å². The number of fused-ring (bicyclic) bond motifs is 1. The number of aryl methyl sites for hydroxylation is 1. The smallest absolute Gasteiger partial charge is 0.264 e. The molecule has 6 nitrogen and oxygen atoms in total. The van der Waals surface area contributed by atoms with Crippen molar-refractivity contribution in [2.45, 2.75) is 17.1 Å². The van der Waals surface area contributed by atoms with Crippen LogP contribution < -0.4 is 15.4 Å². The van der Waals surface area contributed by atoms with E-state index in [1.54, 1.807) is 23.1 Å². The lowest BCUT2D eigenvalue weighted by atomic mass is 10.0. The summed E-state index contributed by atoms with van der Waals surface area (Å²) in [5.41, 5.74) is 10.7. The van der Waals surface area contributed by atoms with Gasteiger partial charge in [0.25, 0.3) is 5.91 Å². The van der Waals surface area contributed by atoms with Gasteiger partial charge in [0.15, 0.2) is 6.61 Å². The maximum Gasteiger partial charge on any atom is 0.264 e. The molecule has 0 atom stereocenters. The van der Waals surface area contributed by atoms with Gasteiger partial charge >= 0.3 is 0 Å². The van der Waals surface area contributed by atoms with Gasteiger partial charge in [0.2, 0.25) is 0 Å². The summed E-state index contributed by atoms with van der Waals surface area (Å²) in [4.78, 5) is 20.3. The van der Waals surface area contributed by atoms with Crippen molar-refractivity contribution in [2.75, 3.05) is 24.3 Å². The lowest BCUT2D eigenvalue weighted by molar-refractivity contribution is -0.120. The van der Waals surface area contributed by atoms with Gasteiger partial charge in [-0.2, -0.15) is 0 Å². The van der Waals surface area contributed by atoms with Crippen molar-refractivity contribution in [3.05, 3.63) is 70.4 Å². The SMILES string of the molecule is CSc1sc(C(=N)N)cc1-c1nc(-c2cccc(OCC(=O)N3CCCc4ccccc43)c2)cs1. The molecule has 9 heteroatoms. The average Bonchev–Trinajstić information content (AvgIpc) is 3.54. The fraction of sp³-hybridized carbons (Fsp3) is 0.192. The highest BCUT2D eigenvalue weighted by Crippen LogP contribution is 2.40. The number of thioether (sulfide) groups is 1. The van der Waals surface area contributed by atoms with E-state index in [9.17, 15) is 4.79 Å². The molecule has 2 aromatic heterocycles. The molecule has 178 valence electrons. The Morgan fingerprint density at radius 3 is 2.91 bits per heavy atom. The van der Waals surface area contributed by atoms with Gasteiger partial charge < -0.3 is 15.4 Å². The lowest BCUT2D eigenvalue weighted by Gasteiger charge is -2.29. The monoisotopic (exact) mass is 520 g/mol. The average molecular weight is 521 g/mol. The van der Waals surface area contributed by atoms with Crippen molar-refractivity contribution in [3.63, 3.8) is 0 Å². The molecule has 0 saturated heterocycles. The van der Waals surface area contributed by atoms with E-state index in [-0.39, 0.29) is 18.3 Å². The molecular formula is C26H24N4O2S3. The Balaban J connectivity index is 1.31. The van der Waals surface area contributed by atoms with Crippen molar-refractivity contribution < 1.29 is 9.53 Å². The molecule has 0 spiro atoms. The topological polar surface area (TPSA) is 92.3 Å². The Kier molecular flexibility index (Phi) is 6.90. The molecule has 0 saturated carbocycles. The summed E-state index contributed by atoms with van der Waals surface area (Å²) < 4.78 is 6.99. The van der Waals surface area contributed by atoms with E-state index >= 15 is 0 Å². The molecule has 3 heterocycles. The van der Waals surface area contributed by atoms with E-state index in [0.717, 1.165) is 49.4 Å². The third-order valence-electron chi connectivity index (χ3n) is 5.79.